The lowest BCUT2D eigenvalue weighted by molar-refractivity contribution is -0.140. The van der Waals surface area contributed by atoms with Crippen LogP contribution >= 0.6 is 0 Å². The van der Waals surface area contributed by atoms with Crippen LogP contribution in [-0.4, -0.2) is 75.9 Å². The molecule has 0 aliphatic heterocycles. The van der Waals surface area contributed by atoms with Crippen LogP contribution in [0.2, 0.25) is 18.1 Å². The highest BCUT2D eigenvalue weighted by atomic mass is 28.4. The Labute approximate surface area is 312 Å². The summed E-state index contributed by atoms with van der Waals surface area (Å²) in [5.74, 6) is -1.01. The maximum absolute atomic E-state index is 15.8. The van der Waals surface area contributed by atoms with E-state index < -0.39 is 37.4 Å². The minimum atomic E-state index is -2.86. The number of Topliss-reactive ketones (excluding diaryl/α,β-unsaturated/α-hetero) is 2. The Hall–Kier alpha value is -4.45. The number of carbonyl (C=O) groups is 2. The molecule has 4 atom stereocenters. The Balaban J connectivity index is 1.47. The van der Waals surface area contributed by atoms with Crippen LogP contribution in [0.3, 0.4) is 0 Å². The van der Waals surface area contributed by atoms with E-state index in [1.807, 2.05) is 82.5 Å². The SMILES string of the molecule is COc1ccc2c(N(C)C)c3c(c(C)c2c1)C(O)=C1C(=O)C2(O[Si](C)(C)C(C)(C)C)C(=O)c4c(OCc5ccccc5)noc4[C@@H](N(C)C)[C@@H]2C[C@@H]1C3. The van der Waals surface area contributed by atoms with E-state index >= 15 is 9.59 Å². The van der Waals surface area contributed by atoms with Crippen LogP contribution < -0.4 is 14.4 Å². The number of anilines is 1. The average molecular weight is 738 g/mol. The highest BCUT2D eigenvalue weighted by Crippen LogP contribution is 2.59. The Morgan fingerprint density at radius 2 is 1.70 bits per heavy atom. The van der Waals surface area contributed by atoms with Gasteiger partial charge in [0.25, 0.3) is 5.88 Å². The number of nitrogens with zero attached hydrogens (tertiary/aromatic N) is 3. The molecule has 4 aromatic rings. The van der Waals surface area contributed by atoms with Gasteiger partial charge in [-0.2, -0.15) is 0 Å². The largest absolute Gasteiger partial charge is 0.507 e. The second-order valence-electron chi connectivity index (χ2n) is 16.8. The number of aliphatic hydroxyl groups is 1. The second kappa shape index (κ2) is 12.8. The molecular weight excluding hydrogens is 687 g/mol. The fraction of sp³-hybridized carbons (Fsp3) is 0.452. The van der Waals surface area contributed by atoms with Gasteiger partial charge in [0, 0.05) is 42.2 Å². The molecule has 7 rings (SSSR count). The quantitative estimate of drug-likeness (QED) is 0.141. The normalized spacial score (nSPS) is 22.8. The maximum Gasteiger partial charge on any atom is 0.265 e. The summed E-state index contributed by atoms with van der Waals surface area (Å²) in [5, 5.41) is 18.4. The van der Waals surface area contributed by atoms with Crippen LogP contribution in [0.15, 0.2) is 58.6 Å². The van der Waals surface area contributed by atoms with Gasteiger partial charge >= 0.3 is 0 Å². The van der Waals surface area contributed by atoms with Crippen LogP contribution in [0.25, 0.3) is 16.5 Å². The lowest BCUT2D eigenvalue weighted by Gasteiger charge is -2.55. The number of benzene rings is 3. The number of rotatable bonds is 8. The van der Waals surface area contributed by atoms with Crippen molar-refractivity contribution in [3.63, 3.8) is 0 Å². The standard InChI is InChI=1S/C42H51N3O7Si/c1-23-28-21-26(49-9)17-18-27(28)34(44(5)6)29-19-25-20-30-35(45(7)8)37-33(40(43-51-37)50-22-24-15-13-12-14-16-24)39(48)42(30,52-53(10,11)41(2,3)4)38(47)32(25)36(46)31(23)29/h12-18,21,25,30,35,46H,19-20,22H2,1-11H3/t25-,30-,35-,42?/m0/s1. The van der Waals surface area contributed by atoms with E-state index in [2.05, 4.69) is 50.0 Å². The van der Waals surface area contributed by atoms with Gasteiger partial charge in [-0.15, -0.1) is 0 Å². The second-order valence-corrected chi connectivity index (χ2v) is 21.5. The number of carbonyl (C=O) groups excluding carboxylic acids is 2. The van der Waals surface area contributed by atoms with E-state index in [0.29, 0.717) is 29.9 Å². The number of ether oxygens (including phenoxy) is 2. The lowest BCUT2D eigenvalue weighted by Crippen LogP contribution is -2.68. The van der Waals surface area contributed by atoms with Gasteiger partial charge in [0.2, 0.25) is 11.6 Å². The minimum absolute atomic E-state index is 0.0337. The minimum Gasteiger partial charge on any atom is -0.507 e. The summed E-state index contributed by atoms with van der Waals surface area (Å²) >= 11 is 0. The summed E-state index contributed by atoms with van der Waals surface area (Å²) in [5.41, 5.74) is 2.75. The molecule has 280 valence electrons. The molecule has 0 radical (unpaired) electrons. The first-order valence-corrected chi connectivity index (χ1v) is 21.2. The third-order valence-corrected chi connectivity index (χ3v) is 16.6. The van der Waals surface area contributed by atoms with E-state index in [4.69, 9.17) is 18.4 Å². The highest BCUT2D eigenvalue weighted by molar-refractivity contribution is 6.74. The van der Waals surface area contributed by atoms with Gasteiger partial charge in [-0.1, -0.05) is 51.1 Å². The first-order chi connectivity index (χ1) is 24.9. The smallest absolute Gasteiger partial charge is 0.265 e. The average Bonchev–Trinajstić information content (AvgIpc) is 3.51. The molecule has 3 aliphatic carbocycles. The Morgan fingerprint density at radius 3 is 2.32 bits per heavy atom. The van der Waals surface area contributed by atoms with Crippen molar-refractivity contribution >= 4 is 42.1 Å². The van der Waals surface area contributed by atoms with Crippen molar-refractivity contribution in [1.29, 1.82) is 0 Å². The molecule has 0 amide bonds. The van der Waals surface area contributed by atoms with Crippen molar-refractivity contribution in [3.05, 3.63) is 87.7 Å². The zero-order valence-electron chi connectivity index (χ0n) is 32.7. The van der Waals surface area contributed by atoms with Crippen molar-refractivity contribution in [2.24, 2.45) is 11.8 Å². The van der Waals surface area contributed by atoms with E-state index in [-0.39, 0.29) is 40.3 Å². The van der Waals surface area contributed by atoms with E-state index in [0.717, 1.165) is 33.2 Å². The molecule has 53 heavy (non-hydrogen) atoms. The molecule has 3 aliphatic rings. The first kappa shape index (κ1) is 36.9. The van der Waals surface area contributed by atoms with Crippen LogP contribution in [0, 0.1) is 18.8 Å². The van der Waals surface area contributed by atoms with Crippen molar-refractivity contribution in [3.8, 4) is 11.6 Å². The number of aryl methyl sites for hydroxylation is 1. The molecule has 0 spiro atoms. The number of ketones is 2. The maximum atomic E-state index is 15.8. The number of aromatic nitrogens is 1. The molecular formula is C42H51N3O7Si. The topological polar surface area (TPSA) is 115 Å². The molecule has 1 heterocycles. The molecule has 1 N–H and O–H groups in total. The van der Waals surface area contributed by atoms with E-state index in [9.17, 15) is 5.11 Å². The highest BCUT2D eigenvalue weighted by Gasteiger charge is 2.69. The fourth-order valence-electron chi connectivity index (χ4n) is 8.68. The summed E-state index contributed by atoms with van der Waals surface area (Å²) in [6.45, 7) is 12.5. The number of fused-ring (bicyclic) bond motifs is 5. The van der Waals surface area contributed by atoms with Gasteiger partial charge in [0.05, 0.1) is 13.2 Å². The molecule has 10 nitrogen and oxygen atoms in total. The van der Waals surface area contributed by atoms with Gasteiger partial charge in [0.1, 0.15) is 23.7 Å². The van der Waals surface area contributed by atoms with E-state index in [1.54, 1.807) is 7.11 Å². The van der Waals surface area contributed by atoms with Gasteiger partial charge in [-0.25, -0.2) is 0 Å². The van der Waals surface area contributed by atoms with Crippen molar-refractivity contribution in [2.75, 3.05) is 40.2 Å². The molecule has 0 saturated heterocycles. The van der Waals surface area contributed by atoms with Gasteiger partial charge in [-0.3, -0.25) is 14.5 Å². The lowest BCUT2D eigenvalue weighted by atomic mass is 9.57. The third-order valence-electron chi connectivity index (χ3n) is 12.2. The van der Waals surface area contributed by atoms with E-state index in [1.165, 1.54) is 0 Å². The zero-order chi connectivity index (χ0) is 38.4. The third kappa shape index (κ3) is 5.53. The van der Waals surface area contributed by atoms with Crippen LogP contribution in [0.4, 0.5) is 5.69 Å². The molecule has 0 bridgehead atoms. The van der Waals surface area contributed by atoms with Gasteiger partial charge in [0.15, 0.2) is 19.7 Å². The zero-order valence-corrected chi connectivity index (χ0v) is 33.7. The van der Waals surface area contributed by atoms with Crippen LogP contribution in [0.1, 0.15) is 71.6 Å². The van der Waals surface area contributed by atoms with Gasteiger partial charge in [-0.05, 0) is 103 Å². The number of hydrogen-bond donors (Lipinski definition) is 1. The predicted molar refractivity (Wildman–Crippen MR) is 208 cm³/mol. The van der Waals surface area contributed by atoms with Gasteiger partial charge < -0.3 is 28.4 Å². The Morgan fingerprint density at radius 1 is 1.00 bits per heavy atom. The van der Waals surface area contributed by atoms with Crippen molar-refractivity contribution in [2.45, 2.75) is 76.9 Å². The molecule has 1 fully saturated rings. The summed E-state index contributed by atoms with van der Waals surface area (Å²) in [6.07, 6.45) is 0.910. The number of aliphatic hydroxyl groups excluding tert-OH is 1. The van der Waals surface area contributed by atoms with Crippen LogP contribution in [0.5, 0.6) is 11.6 Å². The number of hydrogen-bond acceptors (Lipinski definition) is 10. The predicted octanol–water partition coefficient (Wildman–Crippen LogP) is 8.08. The van der Waals surface area contributed by atoms with Crippen LogP contribution in [-0.2, 0) is 22.2 Å². The van der Waals surface area contributed by atoms with Crippen molar-refractivity contribution < 1.29 is 33.1 Å². The molecule has 11 heteroatoms. The Bertz CT molecular complexity index is 2160. The molecule has 1 aromatic heterocycles. The monoisotopic (exact) mass is 737 g/mol. The van der Waals surface area contributed by atoms with Crippen molar-refractivity contribution in [1.82, 2.24) is 10.1 Å². The molecule has 1 unspecified atom stereocenters. The summed E-state index contributed by atoms with van der Waals surface area (Å²) in [6, 6.07) is 15.1. The molecule has 3 aromatic carbocycles. The fourth-order valence-corrected chi connectivity index (χ4v) is 10.1. The summed E-state index contributed by atoms with van der Waals surface area (Å²) < 4.78 is 25.1. The molecule has 1 saturated carbocycles. The summed E-state index contributed by atoms with van der Waals surface area (Å²) in [7, 11) is 6.62. The Kier molecular flexibility index (Phi) is 8.94. The first-order valence-electron chi connectivity index (χ1n) is 18.3. The summed E-state index contributed by atoms with van der Waals surface area (Å²) in [4.78, 5) is 35.3. The number of methoxy groups -OCH3 is 1.